The summed E-state index contributed by atoms with van der Waals surface area (Å²) in [5, 5.41) is 3.81. The van der Waals surface area contributed by atoms with E-state index in [1.54, 1.807) is 24.3 Å². The number of anilines is 1. The molecule has 1 aromatic carbocycles. The van der Waals surface area contributed by atoms with E-state index in [4.69, 9.17) is 44.7 Å². The Morgan fingerprint density at radius 2 is 1.69 bits per heavy atom. The van der Waals surface area contributed by atoms with Gasteiger partial charge in [-0.15, -0.1) is 0 Å². The van der Waals surface area contributed by atoms with Crippen molar-refractivity contribution in [3.05, 3.63) is 29.3 Å². The number of benzene rings is 1. The highest BCUT2D eigenvalue weighted by atomic mass is 35.5. The van der Waals surface area contributed by atoms with Gasteiger partial charge in [-0.3, -0.25) is 15.6 Å². The van der Waals surface area contributed by atoms with E-state index in [0.29, 0.717) is 5.02 Å². The third-order valence-corrected chi connectivity index (χ3v) is 8.29. The molecule has 1 rings (SSSR count). The fourth-order valence-corrected chi connectivity index (χ4v) is 7.18. The number of amides is 1. The molecule has 11 heteroatoms. The van der Waals surface area contributed by atoms with Crippen molar-refractivity contribution in [3.8, 4) is 0 Å². The van der Waals surface area contributed by atoms with Crippen molar-refractivity contribution in [2.24, 2.45) is 0 Å². The summed E-state index contributed by atoms with van der Waals surface area (Å²) < 4.78 is 11.5. The molecule has 0 heterocycles. The van der Waals surface area contributed by atoms with Gasteiger partial charge in [0.25, 0.3) is 0 Å². The predicted molar refractivity (Wildman–Crippen MR) is 118 cm³/mol. The molecule has 0 aliphatic rings. The van der Waals surface area contributed by atoms with Crippen molar-refractivity contribution in [3.63, 3.8) is 0 Å². The van der Waals surface area contributed by atoms with Crippen LogP contribution < -0.4 is 16.2 Å². The van der Waals surface area contributed by atoms with Gasteiger partial charge in [-0.05, 0) is 76.0 Å². The van der Waals surface area contributed by atoms with E-state index in [2.05, 4.69) is 16.2 Å². The first-order valence-corrected chi connectivity index (χ1v) is 12.8. The van der Waals surface area contributed by atoms with Crippen LogP contribution >= 0.6 is 40.9 Å². The number of halogens is 1. The first-order chi connectivity index (χ1) is 12.1. The second-order valence-corrected chi connectivity index (χ2v) is 12.7. The molecular weight excluding hydrogens is 433 g/mol. The molecule has 0 aromatic heterocycles. The lowest BCUT2D eigenvalue weighted by molar-refractivity contribution is -0.119. The molecule has 146 valence electrons. The average Bonchev–Trinajstić information content (AvgIpc) is 2.51. The van der Waals surface area contributed by atoms with Gasteiger partial charge in [-0.2, -0.15) is 0 Å². The van der Waals surface area contributed by atoms with E-state index in [0.717, 1.165) is 5.69 Å². The third kappa shape index (κ3) is 10.1. The summed E-state index contributed by atoms with van der Waals surface area (Å²) in [7, 11) is 0. The maximum atomic E-state index is 12.0. The van der Waals surface area contributed by atoms with Crippen LogP contribution in [-0.4, -0.2) is 29.0 Å². The molecule has 0 atom stereocenters. The maximum absolute atomic E-state index is 12.0. The Labute approximate surface area is 174 Å². The van der Waals surface area contributed by atoms with Gasteiger partial charge in [0.05, 0.1) is 18.0 Å². The van der Waals surface area contributed by atoms with Crippen LogP contribution in [0.15, 0.2) is 24.3 Å². The number of nitrogens with one attached hydrogen (secondary N) is 3. The molecule has 0 aliphatic heterocycles. The summed E-state index contributed by atoms with van der Waals surface area (Å²) in [6.45, 7) is 7.53. The number of thiocarbonyl (C=S) groups is 1. The molecule has 0 bridgehead atoms. The number of carbonyl (C=O) groups is 1. The highest BCUT2D eigenvalue weighted by Crippen LogP contribution is 2.62. The molecule has 0 saturated carbocycles. The second-order valence-electron chi connectivity index (χ2n) is 5.66. The Hall–Kier alpha value is -0.410. The SMILES string of the molecule is CC(C)OP(=S)(OC(C)C)SCC(=O)NNC(=S)Nc1ccc(Cl)cc1. The first kappa shape index (κ1) is 23.6. The maximum Gasteiger partial charge on any atom is 0.248 e. The molecule has 0 spiro atoms. The van der Waals surface area contributed by atoms with E-state index in [1.165, 1.54) is 11.4 Å². The van der Waals surface area contributed by atoms with Crippen LogP contribution in [0.3, 0.4) is 0 Å². The zero-order valence-corrected chi connectivity index (χ0v) is 19.0. The minimum atomic E-state index is -2.59. The topological polar surface area (TPSA) is 71.6 Å². The van der Waals surface area contributed by atoms with Crippen LogP contribution in [0.1, 0.15) is 27.7 Å². The molecule has 0 saturated heterocycles. The summed E-state index contributed by atoms with van der Waals surface area (Å²) in [4.78, 5) is 12.0. The fourth-order valence-electron chi connectivity index (χ4n) is 1.60. The molecule has 0 unspecified atom stereocenters. The molecule has 26 heavy (non-hydrogen) atoms. The largest absolute Gasteiger partial charge is 0.331 e. The van der Waals surface area contributed by atoms with E-state index in [-0.39, 0.29) is 29.0 Å². The highest BCUT2D eigenvalue weighted by molar-refractivity contribution is 8.68. The number of hydrazine groups is 1. The number of carbonyl (C=O) groups excluding carboxylic acids is 1. The minimum absolute atomic E-state index is 0.0792. The highest BCUT2D eigenvalue weighted by Gasteiger charge is 2.24. The molecule has 6 nitrogen and oxygen atoms in total. The second kappa shape index (κ2) is 11.4. The zero-order valence-electron chi connectivity index (χ0n) is 14.9. The quantitative estimate of drug-likeness (QED) is 0.301. The molecule has 0 aliphatic carbocycles. The normalized spacial score (nSPS) is 11.5. The standard InChI is InChI=1S/C15H23ClN3O3PS3/c1-10(2)21-23(25,22-11(3)4)26-9-14(20)18-19-15(24)17-13-7-5-12(16)6-8-13/h5-8,10-11H,9H2,1-4H3,(H,18,20)(H2,17,19,24). The summed E-state index contributed by atoms with van der Waals surface area (Å²) in [6.07, 6.45) is -0.158. The lowest BCUT2D eigenvalue weighted by Crippen LogP contribution is -2.44. The Balaban J connectivity index is 2.43. The Bertz CT molecular complexity index is 645. The lowest BCUT2D eigenvalue weighted by atomic mass is 10.3. The molecule has 0 radical (unpaired) electrons. The van der Waals surface area contributed by atoms with Crippen molar-refractivity contribution in [2.45, 2.75) is 39.9 Å². The Morgan fingerprint density at radius 1 is 1.15 bits per heavy atom. The third-order valence-electron chi connectivity index (χ3n) is 2.45. The van der Waals surface area contributed by atoms with Crippen LogP contribution in [-0.2, 0) is 25.6 Å². The van der Waals surface area contributed by atoms with Gasteiger partial charge >= 0.3 is 0 Å². The molecular formula is C15H23ClN3O3PS3. The molecule has 3 N–H and O–H groups in total. The summed E-state index contributed by atoms with van der Waals surface area (Å²) >= 11 is 17.6. The van der Waals surface area contributed by atoms with Gasteiger partial charge in [-0.1, -0.05) is 23.0 Å². The van der Waals surface area contributed by atoms with Gasteiger partial charge in [0.1, 0.15) is 0 Å². The number of hydrogen-bond donors (Lipinski definition) is 3. The van der Waals surface area contributed by atoms with Crippen molar-refractivity contribution in [1.29, 1.82) is 0 Å². The van der Waals surface area contributed by atoms with Gasteiger partial charge in [0, 0.05) is 10.7 Å². The number of rotatable bonds is 8. The average molecular weight is 456 g/mol. The van der Waals surface area contributed by atoms with Crippen molar-refractivity contribution >= 4 is 69.4 Å². The first-order valence-electron chi connectivity index (χ1n) is 7.82. The Kier molecular flexibility index (Phi) is 10.4. The van der Waals surface area contributed by atoms with Gasteiger partial charge in [0.2, 0.25) is 11.6 Å². The van der Waals surface area contributed by atoms with Gasteiger partial charge in [-0.25, -0.2) is 0 Å². The van der Waals surface area contributed by atoms with Crippen molar-refractivity contribution in [2.75, 3.05) is 11.1 Å². The van der Waals surface area contributed by atoms with Gasteiger partial charge in [0.15, 0.2) is 5.11 Å². The minimum Gasteiger partial charge on any atom is -0.331 e. The van der Waals surface area contributed by atoms with Crippen LogP contribution in [0, 0.1) is 0 Å². The van der Waals surface area contributed by atoms with Crippen molar-refractivity contribution in [1.82, 2.24) is 10.9 Å². The fraction of sp³-hybridized carbons (Fsp3) is 0.467. The number of hydrogen-bond acceptors (Lipinski definition) is 6. The molecule has 0 fully saturated rings. The monoisotopic (exact) mass is 455 g/mol. The predicted octanol–water partition coefficient (Wildman–Crippen LogP) is 4.47. The van der Waals surface area contributed by atoms with E-state index >= 15 is 0 Å². The zero-order chi connectivity index (χ0) is 19.7. The van der Waals surface area contributed by atoms with Gasteiger partial charge < -0.3 is 14.4 Å². The summed E-state index contributed by atoms with van der Waals surface area (Å²) in [5.41, 5.74) is 3.31. The summed E-state index contributed by atoms with van der Waals surface area (Å²) in [5.74, 6) is -0.197. The molecule has 1 aromatic rings. The lowest BCUT2D eigenvalue weighted by Gasteiger charge is -2.25. The Morgan fingerprint density at radius 3 is 2.19 bits per heavy atom. The summed E-state index contributed by atoms with van der Waals surface area (Å²) in [6, 6.07) is 7.02. The van der Waals surface area contributed by atoms with E-state index in [9.17, 15) is 4.79 Å². The smallest absolute Gasteiger partial charge is 0.248 e. The van der Waals surface area contributed by atoms with Crippen LogP contribution in [0.25, 0.3) is 0 Å². The van der Waals surface area contributed by atoms with Crippen LogP contribution in [0.4, 0.5) is 5.69 Å². The van der Waals surface area contributed by atoms with Crippen molar-refractivity contribution < 1.29 is 13.8 Å². The van der Waals surface area contributed by atoms with Crippen LogP contribution in [0.5, 0.6) is 0 Å². The van der Waals surface area contributed by atoms with Crippen LogP contribution in [0.2, 0.25) is 5.02 Å². The molecule has 1 amide bonds. The van der Waals surface area contributed by atoms with E-state index in [1.807, 2.05) is 27.7 Å². The van der Waals surface area contributed by atoms with E-state index < -0.39 is 5.69 Å².